The van der Waals surface area contributed by atoms with E-state index in [1.165, 1.54) is 0 Å². The highest BCUT2D eigenvalue weighted by atomic mass is 35.5. The van der Waals surface area contributed by atoms with Crippen LogP contribution in [0.3, 0.4) is 0 Å². The van der Waals surface area contributed by atoms with Crippen molar-refractivity contribution >= 4 is 56.2 Å². The van der Waals surface area contributed by atoms with E-state index in [9.17, 15) is 4.79 Å². The Morgan fingerprint density at radius 2 is 1.70 bits per heavy atom. The first-order valence-corrected chi connectivity index (χ1v) is 12.6. The summed E-state index contributed by atoms with van der Waals surface area (Å²) in [4.78, 5) is 19.0. The van der Waals surface area contributed by atoms with Crippen molar-refractivity contribution in [2.75, 3.05) is 36.9 Å². The first kappa shape index (κ1) is 23.3. The molecule has 1 unspecified atom stereocenters. The Kier molecular flexibility index (Phi) is 5.89. The summed E-state index contributed by atoms with van der Waals surface area (Å²) in [6, 6.07) is 25.7. The third kappa shape index (κ3) is 4.03. The first-order chi connectivity index (χ1) is 18.1. The van der Waals surface area contributed by atoms with E-state index in [0.717, 1.165) is 55.8 Å². The van der Waals surface area contributed by atoms with Crippen LogP contribution in [0.15, 0.2) is 78.9 Å². The Bertz CT molecular complexity index is 1630. The summed E-state index contributed by atoms with van der Waals surface area (Å²) in [6.07, 6.45) is 0. The number of alkyl halides is 1. The van der Waals surface area contributed by atoms with E-state index >= 15 is 0 Å². The Labute approximate surface area is 219 Å². The summed E-state index contributed by atoms with van der Waals surface area (Å²) in [5, 5.41) is 6.65. The maximum absolute atomic E-state index is 13.9. The van der Waals surface area contributed by atoms with Crippen LogP contribution in [0.4, 0.5) is 17.1 Å². The molecule has 7 heteroatoms. The summed E-state index contributed by atoms with van der Waals surface area (Å²) in [6.45, 7) is 0.520. The van der Waals surface area contributed by atoms with Crippen molar-refractivity contribution in [1.29, 1.82) is 0 Å². The second kappa shape index (κ2) is 9.37. The summed E-state index contributed by atoms with van der Waals surface area (Å²) >= 11 is 6.46. The number of hydrogen-bond acceptors (Lipinski definition) is 4. The minimum Gasteiger partial charge on any atom is -0.497 e. The second-order valence-electron chi connectivity index (χ2n) is 9.16. The van der Waals surface area contributed by atoms with Crippen molar-refractivity contribution in [2.45, 2.75) is 5.92 Å². The Hall–Kier alpha value is -4.16. The normalized spacial score (nSPS) is 14.7. The highest BCUT2D eigenvalue weighted by Crippen LogP contribution is 2.46. The molecule has 1 amide bonds. The van der Waals surface area contributed by atoms with Gasteiger partial charge in [-0.3, -0.25) is 4.79 Å². The van der Waals surface area contributed by atoms with Gasteiger partial charge < -0.3 is 24.7 Å². The van der Waals surface area contributed by atoms with Gasteiger partial charge in [0.2, 0.25) is 0 Å². The number of fused-ring (bicyclic) bond motifs is 4. The molecule has 0 radical (unpaired) electrons. The van der Waals surface area contributed by atoms with E-state index in [2.05, 4.69) is 28.5 Å². The zero-order chi connectivity index (χ0) is 25.5. The average Bonchev–Trinajstić information content (AvgIpc) is 3.54. The molecule has 1 aliphatic heterocycles. The zero-order valence-electron chi connectivity index (χ0n) is 20.5. The zero-order valence-corrected chi connectivity index (χ0v) is 21.3. The molecule has 6 rings (SSSR count). The average molecular weight is 512 g/mol. The van der Waals surface area contributed by atoms with Gasteiger partial charge in [0, 0.05) is 46.0 Å². The van der Waals surface area contributed by atoms with E-state index in [-0.39, 0.29) is 11.8 Å². The third-order valence-corrected chi connectivity index (χ3v) is 7.40. The number of ether oxygens (including phenoxy) is 2. The number of H-pyrrole nitrogens is 1. The molecule has 5 aromatic rings. The number of halogens is 1. The maximum atomic E-state index is 13.9. The minimum absolute atomic E-state index is 0.0324. The number of aromatic nitrogens is 1. The van der Waals surface area contributed by atoms with Crippen molar-refractivity contribution < 1.29 is 14.3 Å². The maximum Gasteiger partial charge on any atom is 0.274 e. The quantitative estimate of drug-likeness (QED) is 0.239. The van der Waals surface area contributed by atoms with E-state index in [1.807, 2.05) is 65.6 Å². The number of hydrogen-bond donors (Lipinski definition) is 2. The van der Waals surface area contributed by atoms with Gasteiger partial charge in [0.25, 0.3) is 5.91 Å². The minimum atomic E-state index is -0.0882. The Balaban J connectivity index is 1.44. The predicted octanol–water partition coefficient (Wildman–Crippen LogP) is 7.06. The molecular formula is C30H26ClN3O3. The fraction of sp³-hybridized carbons (Fsp3) is 0.167. The van der Waals surface area contributed by atoms with Gasteiger partial charge in [-0.05, 0) is 65.5 Å². The molecule has 186 valence electrons. The monoisotopic (exact) mass is 511 g/mol. The molecule has 1 aliphatic rings. The molecule has 0 saturated carbocycles. The topological polar surface area (TPSA) is 66.6 Å². The number of amides is 1. The molecule has 37 heavy (non-hydrogen) atoms. The summed E-state index contributed by atoms with van der Waals surface area (Å²) in [5.74, 6) is 1.91. The van der Waals surface area contributed by atoms with Gasteiger partial charge in [0.1, 0.15) is 17.2 Å². The van der Waals surface area contributed by atoms with Crippen molar-refractivity contribution in [3.05, 3.63) is 90.1 Å². The van der Waals surface area contributed by atoms with E-state index in [4.69, 9.17) is 21.1 Å². The molecule has 0 fully saturated rings. The SMILES string of the molecule is COc1ccc(Nc2cc3c(c4ccccc24)C(CCl)CN3C(=O)c2cc3cc(OC)ccc3[nH]2)cc1. The Morgan fingerprint density at radius 1 is 0.973 bits per heavy atom. The molecule has 1 atom stereocenters. The van der Waals surface area contributed by atoms with Crippen molar-refractivity contribution in [1.82, 2.24) is 4.98 Å². The standard InChI is InChI=1S/C30H26ClN3O3/c1-36-21-9-7-20(8-10-21)32-26-15-28-29(24-6-4-3-5-23(24)26)19(16-31)17-34(28)30(35)27-14-18-13-22(37-2)11-12-25(18)33-27/h3-15,19,32-33H,16-17H2,1-2H3. The lowest BCUT2D eigenvalue weighted by Crippen LogP contribution is -2.30. The van der Waals surface area contributed by atoms with Crippen LogP contribution in [-0.4, -0.2) is 37.5 Å². The molecule has 2 N–H and O–H groups in total. The van der Waals surface area contributed by atoms with Gasteiger partial charge in [-0.2, -0.15) is 0 Å². The second-order valence-corrected chi connectivity index (χ2v) is 9.47. The van der Waals surface area contributed by atoms with Crippen LogP contribution in [0, 0.1) is 0 Å². The lowest BCUT2D eigenvalue weighted by Gasteiger charge is -2.19. The van der Waals surface area contributed by atoms with Crippen LogP contribution in [0.2, 0.25) is 0 Å². The summed E-state index contributed by atoms with van der Waals surface area (Å²) < 4.78 is 10.6. The van der Waals surface area contributed by atoms with Gasteiger partial charge in [-0.25, -0.2) is 0 Å². The number of benzene rings is 4. The molecule has 0 saturated heterocycles. The molecule has 0 aliphatic carbocycles. The third-order valence-electron chi connectivity index (χ3n) is 7.03. The fourth-order valence-corrected chi connectivity index (χ4v) is 5.45. The van der Waals surface area contributed by atoms with E-state index in [0.29, 0.717) is 18.1 Å². The number of rotatable bonds is 6. The number of nitrogens with zero attached hydrogens (tertiary/aromatic N) is 1. The van der Waals surface area contributed by atoms with Crippen LogP contribution >= 0.6 is 11.6 Å². The van der Waals surface area contributed by atoms with E-state index < -0.39 is 0 Å². The fourth-order valence-electron chi connectivity index (χ4n) is 5.20. The van der Waals surface area contributed by atoms with Gasteiger partial charge in [0.15, 0.2) is 0 Å². The number of methoxy groups -OCH3 is 2. The van der Waals surface area contributed by atoms with Gasteiger partial charge >= 0.3 is 0 Å². The smallest absolute Gasteiger partial charge is 0.274 e. The first-order valence-electron chi connectivity index (χ1n) is 12.1. The van der Waals surface area contributed by atoms with Crippen LogP contribution in [-0.2, 0) is 0 Å². The number of anilines is 3. The molecule has 1 aromatic heterocycles. The molecule has 6 nitrogen and oxygen atoms in total. The summed E-state index contributed by atoms with van der Waals surface area (Å²) in [5.41, 5.74) is 5.26. The van der Waals surface area contributed by atoms with Crippen LogP contribution in [0.25, 0.3) is 21.7 Å². The number of nitrogens with one attached hydrogen (secondary N) is 2. The molecule has 2 heterocycles. The molecule has 0 spiro atoms. The van der Waals surface area contributed by atoms with E-state index in [1.54, 1.807) is 14.2 Å². The lowest BCUT2D eigenvalue weighted by molar-refractivity contribution is 0.0984. The number of aromatic amines is 1. The molecule has 4 aromatic carbocycles. The highest BCUT2D eigenvalue weighted by Gasteiger charge is 2.35. The van der Waals surface area contributed by atoms with Gasteiger partial charge in [-0.1, -0.05) is 24.3 Å². The lowest BCUT2D eigenvalue weighted by atomic mass is 9.95. The summed E-state index contributed by atoms with van der Waals surface area (Å²) in [7, 11) is 3.29. The highest BCUT2D eigenvalue weighted by molar-refractivity contribution is 6.19. The largest absolute Gasteiger partial charge is 0.497 e. The van der Waals surface area contributed by atoms with Crippen molar-refractivity contribution in [3.63, 3.8) is 0 Å². The molecule has 0 bridgehead atoms. The van der Waals surface area contributed by atoms with Crippen LogP contribution in [0.1, 0.15) is 22.0 Å². The van der Waals surface area contributed by atoms with Gasteiger partial charge in [0.05, 0.1) is 19.9 Å². The number of carbonyl (C=O) groups excluding carboxylic acids is 1. The number of carbonyl (C=O) groups is 1. The van der Waals surface area contributed by atoms with Crippen molar-refractivity contribution in [3.8, 4) is 11.5 Å². The Morgan fingerprint density at radius 3 is 2.43 bits per heavy atom. The van der Waals surface area contributed by atoms with Gasteiger partial charge in [-0.15, -0.1) is 11.6 Å². The van der Waals surface area contributed by atoms with Crippen molar-refractivity contribution in [2.24, 2.45) is 0 Å². The predicted molar refractivity (Wildman–Crippen MR) is 150 cm³/mol. The van der Waals surface area contributed by atoms with Crippen LogP contribution in [0.5, 0.6) is 11.5 Å². The molecular weight excluding hydrogens is 486 g/mol. The van der Waals surface area contributed by atoms with Crippen LogP contribution < -0.4 is 19.7 Å².